The first kappa shape index (κ1) is 12.4. The van der Waals surface area contributed by atoms with Crippen molar-refractivity contribution in [1.29, 1.82) is 0 Å². The quantitative estimate of drug-likeness (QED) is 0.845. The van der Waals surface area contributed by atoms with Crippen molar-refractivity contribution in [2.45, 2.75) is 26.7 Å². The molecule has 2 aromatic rings. The van der Waals surface area contributed by atoms with Gasteiger partial charge in [-0.2, -0.15) is 0 Å². The van der Waals surface area contributed by atoms with E-state index in [-0.39, 0.29) is 28.1 Å². The fourth-order valence-corrected chi connectivity index (χ4v) is 1.85. The first-order chi connectivity index (χ1) is 8.54. The summed E-state index contributed by atoms with van der Waals surface area (Å²) in [6.45, 7) is 3.53. The van der Waals surface area contributed by atoms with E-state index in [1.54, 1.807) is 6.92 Å². The second kappa shape index (κ2) is 4.64. The van der Waals surface area contributed by atoms with E-state index in [1.165, 1.54) is 18.4 Å². The molecule has 2 rings (SSSR count). The van der Waals surface area contributed by atoms with Crippen LogP contribution in [0.15, 0.2) is 27.6 Å². The molecule has 1 aromatic carbocycles. The summed E-state index contributed by atoms with van der Waals surface area (Å²) in [6, 6.07) is 2.74. The number of ketones is 1. The van der Waals surface area contributed by atoms with Gasteiger partial charge in [-0.25, -0.2) is 0 Å². The van der Waals surface area contributed by atoms with Gasteiger partial charge in [0.05, 0.1) is 17.2 Å². The van der Waals surface area contributed by atoms with Gasteiger partial charge in [-0.05, 0) is 19.4 Å². The van der Waals surface area contributed by atoms with Crippen molar-refractivity contribution < 1.29 is 14.3 Å². The Hall–Kier alpha value is -2.10. The highest BCUT2D eigenvalue weighted by atomic mass is 16.3. The minimum Gasteiger partial charge on any atom is -0.507 e. The Morgan fingerprint density at radius 3 is 2.78 bits per heavy atom. The molecule has 0 bridgehead atoms. The van der Waals surface area contributed by atoms with Crippen LogP contribution in [0.1, 0.15) is 35.7 Å². The highest BCUT2D eigenvalue weighted by molar-refractivity contribution is 6.01. The molecule has 0 unspecified atom stereocenters. The fraction of sp³-hybridized carbons (Fsp3) is 0.286. The van der Waals surface area contributed by atoms with Crippen molar-refractivity contribution in [3.05, 3.63) is 39.7 Å². The molecular formula is C14H14O4. The topological polar surface area (TPSA) is 67.5 Å². The van der Waals surface area contributed by atoms with Gasteiger partial charge in [-0.3, -0.25) is 9.59 Å². The molecule has 0 fully saturated rings. The predicted octanol–water partition coefficient (Wildman–Crippen LogP) is 2.79. The van der Waals surface area contributed by atoms with Crippen LogP contribution < -0.4 is 5.43 Å². The number of phenolic OH excluding ortho intramolecular Hbond substituents is 1. The maximum atomic E-state index is 11.9. The maximum Gasteiger partial charge on any atom is 0.195 e. The van der Waals surface area contributed by atoms with Gasteiger partial charge in [0.25, 0.3) is 0 Å². The van der Waals surface area contributed by atoms with E-state index in [9.17, 15) is 14.7 Å². The number of aryl methyl sites for hydroxylation is 1. The number of benzene rings is 1. The molecule has 0 saturated heterocycles. The Morgan fingerprint density at radius 2 is 2.11 bits per heavy atom. The summed E-state index contributed by atoms with van der Waals surface area (Å²) in [4.78, 5) is 23.7. The van der Waals surface area contributed by atoms with E-state index < -0.39 is 0 Å². The van der Waals surface area contributed by atoms with Gasteiger partial charge in [-0.15, -0.1) is 0 Å². The average molecular weight is 246 g/mol. The zero-order valence-electron chi connectivity index (χ0n) is 10.3. The largest absolute Gasteiger partial charge is 0.507 e. The van der Waals surface area contributed by atoms with Gasteiger partial charge >= 0.3 is 0 Å². The molecule has 18 heavy (non-hydrogen) atoms. The lowest BCUT2D eigenvalue weighted by Crippen LogP contribution is -2.06. The third-order valence-electron chi connectivity index (χ3n) is 2.84. The van der Waals surface area contributed by atoms with Gasteiger partial charge < -0.3 is 9.52 Å². The minimum atomic E-state index is -0.179. The van der Waals surface area contributed by atoms with Crippen molar-refractivity contribution in [3.8, 4) is 5.75 Å². The van der Waals surface area contributed by atoms with E-state index in [0.717, 1.165) is 0 Å². The van der Waals surface area contributed by atoms with Gasteiger partial charge in [0.1, 0.15) is 11.3 Å². The summed E-state index contributed by atoms with van der Waals surface area (Å²) in [6.07, 6.45) is 2.38. The predicted molar refractivity (Wildman–Crippen MR) is 68.1 cm³/mol. The summed E-state index contributed by atoms with van der Waals surface area (Å²) < 4.78 is 5.23. The zero-order chi connectivity index (χ0) is 13.3. The first-order valence-electron chi connectivity index (χ1n) is 5.83. The Morgan fingerprint density at radius 1 is 1.39 bits per heavy atom. The molecule has 1 heterocycles. The molecule has 1 N–H and O–H groups in total. The van der Waals surface area contributed by atoms with E-state index in [4.69, 9.17) is 4.42 Å². The lowest BCUT2D eigenvalue weighted by Gasteiger charge is -2.05. The highest BCUT2D eigenvalue weighted by Crippen LogP contribution is 2.25. The normalized spacial score (nSPS) is 10.8. The molecule has 0 radical (unpaired) electrons. The summed E-state index contributed by atoms with van der Waals surface area (Å²) >= 11 is 0. The molecule has 4 heteroatoms. The molecule has 94 valence electrons. The van der Waals surface area contributed by atoms with Crippen molar-refractivity contribution in [1.82, 2.24) is 0 Å². The van der Waals surface area contributed by atoms with Gasteiger partial charge in [0, 0.05) is 18.1 Å². The van der Waals surface area contributed by atoms with Gasteiger partial charge in [0.15, 0.2) is 11.2 Å². The lowest BCUT2D eigenvalue weighted by molar-refractivity contribution is 0.0979. The molecule has 1 aromatic heterocycles. The summed E-state index contributed by atoms with van der Waals surface area (Å²) in [7, 11) is 0. The van der Waals surface area contributed by atoms with Gasteiger partial charge in [0.2, 0.25) is 0 Å². The Kier molecular flexibility index (Phi) is 3.19. The lowest BCUT2D eigenvalue weighted by atomic mass is 10.0. The minimum absolute atomic E-state index is 0.145. The standard InChI is InChI=1S/C14H14O4/c1-3-4-11(15)9-5-10-13(6-12(9)16)18-7-8(2)14(10)17/h5-7,16H,3-4H2,1-2H3. The van der Waals surface area contributed by atoms with Crippen molar-refractivity contribution in [3.63, 3.8) is 0 Å². The van der Waals surface area contributed by atoms with Crippen LogP contribution in [0.2, 0.25) is 0 Å². The monoisotopic (exact) mass is 246 g/mol. The van der Waals surface area contributed by atoms with Crippen molar-refractivity contribution in [2.24, 2.45) is 0 Å². The van der Waals surface area contributed by atoms with Crippen molar-refractivity contribution in [2.75, 3.05) is 0 Å². The Labute approximate surface area is 104 Å². The summed E-state index contributed by atoms with van der Waals surface area (Å²) in [5, 5.41) is 10.1. The van der Waals surface area contributed by atoms with Gasteiger partial charge in [-0.1, -0.05) is 6.92 Å². The summed E-state index contributed by atoms with van der Waals surface area (Å²) in [5.41, 5.74) is 0.766. The molecule has 0 saturated carbocycles. The molecule has 0 atom stereocenters. The second-order valence-electron chi connectivity index (χ2n) is 4.29. The number of hydrogen-bond acceptors (Lipinski definition) is 4. The van der Waals surface area contributed by atoms with Crippen LogP contribution in [0, 0.1) is 6.92 Å². The van der Waals surface area contributed by atoms with Crippen LogP contribution in [0.4, 0.5) is 0 Å². The van der Waals surface area contributed by atoms with Crippen LogP contribution >= 0.6 is 0 Å². The number of carbonyl (C=O) groups excluding carboxylic acids is 1. The zero-order valence-corrected chi connectivity index (χ0v) is 10.3. The summed E-state index contributed by atoms with van der Waals surface area (Å²) in [5.74, 6) is -0.314. The van der Waals surface area contributed by atoms with E-state index in [2.05, 4.69) is 0 Å². The molecular weight excluding hydrogens is 232 g/mol. The molecule has 0 aliphatic heterocycles. The van der Waals surface area contributed by atoms with E-state index in [0.29, 0.717) is 23.8 Å². The number of phenols is 1. The smallest absolute Gasteiger partial charge is 0.195 e. The molecule has 0 spiro atoms. The number of aromatic hydroxyl groups is 1. The van der Waals surface area contributed by atoms with Crippen LogP contribution in [0.25, 0.3) is 11.0 Å². The molecule has 4 nitrogen and oxygen atoms in total. The van der Waals surface area contributed by atoms with E-state index >= 15 is 0 Å². The molecule has 0 amide bonds. The van der Waals surface area contributed by atoms with Crippen LogP contribution in [0.5, 0.6) is 5.75 Å². The Balaban J connectivity index is 2.70. The van der Waals surface area contributed by atoms with E-state index in [1.807, 2.05) is 6.92 Å². The second-order valence-corrected chi connectivity index (χ2v) is 4.29. The molecule has 0 aliphatic carbocycles. The SMILES string of the molecule is CCCC(=O)c1cc2c(=O)c(C)coc2cc1O. The maximum absolute atomic E-state index is 11.9. The average Bonchev–Trinajstić information content (AvgIpc) is 2.34. The molecule has 0 aliphatic rings. The number of Topliss-reactive ketones (excluding diaryl/α,β-unsaturated/α-hetero) is 1. The van der Waals surface area contributed by atoms with Crippen LogP contribution in [-0.4, -0.2) is 10.9 Å². The van der Waals surface area contributed by atoms with Crippen LogP contribution in [0.3, 0.4) is 0 Å². The number of hydrogen-bond donors (Lipinski definition) is 1. The van der Waals surface area contributed by atoms with Crippen LogP contribution in [-0.2, 0) is 0 Å². The Bertz CT molecular complexity index is 667. The number of fused-ring (bicyclic) bond motifs is 1. The fourth-order valence-electron chi connectivity index (χ4n) is 1.85. The third-order valence-corrected chi connectivity index (χ3v) is 2.84. The van der Waals surface area contributed by atoms with Crippen molar-refractivity contribution >= 4 is 16.8 Å². The number of rotatable bonds is 3. The third kappa shape index (κ3) is 2.01. The first-order valence-corrected chi connectivity index (χ1v) is 5.83. The number of carbonyl (C=O) groups is 1. The highest BCUT2D eigenvalue weighted by Gasteiger charge is 2.14.